The minimum absolute atomic E-state index is 0.0686. The molecule has 3 nitrogen and oxygen atoms in total. The average molecular weight is 236 g/mol. The van der Waals surface area contributed by atoms with Gasteiger partial charge in [-0.15, -0.1) is 0 Å². The first-order valence-electron chi connectivity index (χ1n) is 4.19. The van der Waals surface area contributed by atoms with Gasteiger partial charge in [-0.2, -0.15) is 0 Å². The molecule has 1 aliphatic heterocycles. The normalized spacial score (nSPS) is 28.8. The van der Waals surface area contributed by atoms with Gasteiger partial charge in [-0.3, -0.25) is 4.79 Å². The van der Waals surface area contributed by atoms with Gasteiger partial charge in [0.15, 0.2) is 0 Å². The smallest absolute Gasteiger partial charge is 0.225 e. The van der Waals surface area contributed by atoms with Crippen LogP contribution in [0.5, 0.6) is 0 Å². The molecular weight excluding hydrogens is 222 g/mol. The third-order valence-corrected chi connectivity index (χ3v) is 2.36. The van der Waals surface area contributed by atoms with Crippen molar-refractivity contribution in [2.24, 2.45) is 5.92 Å². The van der Waals surface area contributed by atoms with E-state index in [0.29, 0.717) is 13.2 Å². The Morgan fingerprint density at radius 3 is 3.00 bits per heavy atom. The monoisotopic (exact) mass is 235 g/mol. The number of carbonyl (C=O) groups excluding carboxylic acids is 1. The third-order valence-electron chi connectivity index (χ3n) is 1.96. The van der Waals surface area contributed by atoms with Gasteiger partial charge in [0.1, 0.15) is 0 Å². The topological polar surface area (TPSA) is 38.3 Å². The van der Waals surface area contributed by atoms with Crippen molar-refractivity contribution >= 4 is 21.8 Å². The fraction of sp³-hybridized carbons (Fsp3) is 0.875. The van der Waals surface area contributed by atoms with Gasteiger partial charge in [0.05, 0.1) is 18.6 Å². The van der Waals surface area contributed by atoms with Crippen LogP contribution in [0.25, 0.3) is 0 Å². The summed E-state index contributed by atoms with van der Waals surface area (Å²) < 4.78 is 5.29. The van der Waals surface area contributed by atoms with E-state index in [1.54, 1.807) is 0 Å². The zero-order chi connectivity index (χ0) is 8.97. The number of hydrogen-bond donors (Lipinski definition) is 1. The zero-order valence-corrected chi connectivity index (χ0v) is 8.76. The molecule has 4 heteroatoms. The summed E-state index contributed by atoms with van der Waals surface area (Å²) in [6.45, 7) is 3.27. The molecule has 70 valence electrons. The second kappa shape index (κ2) is 4.82. The summed E-state index contributed by atoms with van der Waals surface area (Å²) in [5.41, 5.74) is 0. The average Bonchev–Trinajstić information content (AvgIpc) is 2.47. The molecule has 1 aliphatic rings. The molecule has 0 radical (unpaired) electrons. The number of rotatable bonds is 3. The van der Waals surface area contributed by atoms with Gasteiger partial charge in [-0.25, -0.2) is 0 Å². The quantitative estimate of drug-likeness (QED) is 0.740. The first-order valence-corrected chi connectivity index (χ1v) is 5.31. The molecule has 0 aromatic heterocycles. The Hall–Kier alpha value is -0.0900. The number of amides is 1. The first kappa shape index (κ1) is 9.99. The van der Waals surface area contributed by atoms with Crippen LogP contribution in [0.3, 0.4) is 0 Å². The number of carbonyl (C=O) groups is 1. The number of ether oxygens (including phenoxy) is 1. The van der Waals surface area contributed by atoms with Crippen LogP contribution in [0.15, 0.2) is 0 Å². The van der Waals surface area contributed by atoms with Crippen LogP contribution >= 0.6 is 15.9 Å². The van der Waals surface area contributed by atoms with Gasteiger partial charge in [0.2, 0.25) is 5.91 Å². The van der Waals surface area contributed by atoms with Crippen molar-refractivity contribution in [3.05, 3.63) is 0 Å². The van der Waals surface area contributed by atoms with Crippen LogP contribution in [0, 0.1) is 5.92 Å². The van der Waals surface area contributed by atoms with E-state index in [1.165, 1.54) is 0 Å². The lowest BCUT2D eigenvalue weighted by molar-refractivity contribution is -0.124. The molecule has 0 bridgehead atoms. The van der Waals surface area contributed by atoms with Crippen LogP contribution in [-0.4, -0.2) is 30.5 Å². The van der Waals surface area contributed by atoms with E-state index in [2.05, 4.69) is 21.2 Å². The molecule has 1 heterocycles. The van der Waals surface area contributed by atoms with E-state index in [1.807, 2.05) is 6.92 Å². The lowest BCUT2D eigenvalue weighted by Crippen LogP contribution is -2.32. The number of alkyl halides is 1. The molecule has 1 fully saturated rings. The van der Waals surface area contributed by atoms with Crippen molar-refractivity contribution in [1.29, 1.82) is 0 Å². The van der Waals surface area contributed by atoms with E-state index in [9.17, 15) is 4.79 Å². The summed E-state index contributed by atoms with van der Waals surface area (Å²) in [7, 11) is 0. The molecule has 1 saturated heterocycles. The number of nitrogens with one attached hydrogen (secondary N) is 1. The number of halogens is 1. The Kier molecular flexibility index (Phi) is 4.01. The van der Waals surface area contributed by atoms with E-state index < -0.39 is 0 Å². The summed E-state index contributed by atoms with van der Waals surface area (Å²) in [5.74, 6) is 0.192. The lowest BCUT2D eigenvalue weighted by atomic mass is 10.1. The molecule has 0 aromatic rings. The molecule has 2 unspecified atom stereocenters. The molecule has 12 heavy (non-hydrogen) atoms. The number of hydrogen-bond acceptors (Lipinski definition) is 2. The minimum atomic E-state index is 0.0686. The van der Waals surface area contributed by atoms with Crippen molar-refractivity contribution in [2.45, 2.75) is 19.4 Å². The van der Waals surface area contributed by atoms with Crippen LogP contribution in [0.2, 0.25) is 0 Å². The van der Waals surface area contributed by atoms with Crippen molar-refractivity contribution < 1.29 is 9.53 Å². The second-order valence-corrected chi connectivity index (χ2v) is 3.85. The maximum atomic E-state index is 11.3. The van der Waals surface area contributed by atoms with Gasteiger partial charge in [0, 0.05) is 11.9 Å². The molecule has 0 spiro atoms. The standard InChI is InChI=1S/C8H14BrNO2/c1-6-4-7(5-12-6)8(11)10-3-2-9/h6-7H,2-5H2,1H3,(H,10,11). The highest BCUT2D eigenvalue weighted by molar-refractivity contribution is 9.09. The fourth-order valence-electron chi connectivity index (χ4n) is 1.31. The van der Waals surface area contributed by atoms with Crippen molar-refractivity contribution in [1.82, 2.24) is 5.32 Å². The summed E-state index contributed by atoms with van der Waals surface area (Å²) in [6, 6.07) is 0. The summed E-state index contributed by atoms with van der Waals surface area (Å²) in [6.07, 6.45) is 1.10. The highest BCUT2D eigenvalue weighted by Gasteiger charge is 2.27. The predicted octanol–water partition coefficient (Wildman–Crippen LogP) is 0.923. The van der Waals surface area contributed by atoms with Crippen LogP contribution in [0.1, 0.15) is 13.3 Å². The van der Waals surface area contributed by atoms with Gasteiger partial charge in [0.25, 0.3) is 0 Å². The van der Waals surface area contributed by atoms with Crippen molar-refractivity contribution in [3.8, 4) is 0 Å². The van der Waals surface area contributed by atoms with Crippen molar-refractivity contribution in [2.75, 3.05) is 18.5 Å². The molecule has 2 atom stereocenters. The van der Waals surface area contributed by atoms with E-state index >= 15 is 0 Å². The predicted molar refractivity (Wildman–Crippen MR) is 50.3 cm³/mol. The van der Waals surface area contributed by atoms with Crippen LogP contribution in [0.4, 0.5) is 0 Å². The lowest BCUT2D eigenvalue weighted by Gasteiger charge is -2.07. The summed E-state index contributed by atoms with van der Waals surface area (Å²) >= 11 is 3.25. The first-order chi connectivity index (χ1) is 5.74. The molecule has 0 aromatic carbocycles. The van der Waals surface area contributed by atoms with Crippen molar-refractivity contribution in [3.63, 3.8) is 0 Å². The Labute approximate surface area is 81.0 Å². The maximum absolute atomic E-state index is 11.3. The van der Waals surface area contributed by atoms with Crippen LogP contribution in [-0.2, 0) is 9.53 Å². The minimum Gasteiger partial charge on any atom is -0.378 e. The molecule has 1 rings (SSSR count). The fourth-order valence-corrected chi connectivity index (χ4v) is 1.51. The molecule has 1 N–H and O–H groups in total. The highest BCUT2D eigenvalue weighted by Crippen LogP contribution is 2.18. The Morgan fingerprint density at radius 1 is 1.75 bits per heavy atom. The summed E-state index contributed by atoms with van der Waals surface area (Å²) in [5, 5.41) is 3.64. The highest BCUT2D eigenvalue weighted by atomic mass is 79.9. The second-order valence-electron chi connectivity index (χ2n) is 3.06. The molecule has 0 aliphatic carbocycles. The Morgan fingerprint density at radius 2 is 2.50 bits per heavy atom. The molecule has 1 amide bonds. The van der Waals surface area contributed by atoms with E-state index in [-0.39, 0.29) is 17.9 Å². The zero-order valence-electron chi connectivity index (χ0n) is 7.18. The third kappa shape index (κ3) is 2.75. The van der Waals surface area contributed by atoms with E-state index in [0.717, 1.165) is 11.8 Å². The van der Waals surface area contributed by atoms with Gasteiger partial charge in [-0.05, 0) is 13.3 Å². The SMILES string of the molecule is CC1CC(C(=O)NCCBr)CO1. The largest absolute Gasteiger partial charge is 0.378 e. The van der Waals surface area contributed by atoms with E-state index in [4.69, 9.17) is 4.74 Å². The maximum Gasteiger partial charge on any atom is 0.225 e. The van der Waals surface area contributed by atoms with Gasteiger partial charge < -0.3 is 10.1 Å². The van der Waals surface area contributed by atoms with Crippen LogP contribution < -0.4 is 5.32 Å². The van der Waals surface area contributed by atoms with Gasteiger partial charge >= 0.3 is 0 Å². The summed E-state index contributed by atoms with van der Waals surface area (Å²) in [4.78, 5) is 11.3. The Bertz CT molecular complexity index is 163. The van der Waals surface area contributed by atoms with Gasteiger partial charge in [-0.1, -0.05) is 15.9 Å². The Balaban J connectivity index is 2.23. The molecule has 0 saturated carbocycles. The molecular formula is C8H14BrNO2.